The Labute approximate surface area is 98.4 Å². The molecule has 0 saturated carbocycles. The fraction of sp³-hybridized carbons (Fsp3) is 0.615. The highest BCUT2D eigenvalue weighted by atomic mass is 16.6. The smallest absolute Gasteiger partial charge is 0.159 e. The molecule has 0 aromatic heterocycles. The van der Waals surface area contributed by atoms with Crippen molar-refractivity contribution >= 4 is 0 Å². The van der Waals surface area contributed by atoms with Gasteiger partial charge in [-0.05, 0) is 25.3 Å². The SMILES string of the molecule is [CH2-][NH+](CCC(O)OCC)CC1=CCCC=C1. The van der Waals surface area contributed by atoms with E-state index in [1.807, 2.05) is 6.92 Å². The van der Waals surface area contributed by atoms with Gasteiger partial charge in [0.2, 0.25) is 0 Å². The number of nitrogens with one attached hydrogen (secondary N) is 1. The molecule has 3 heteroatoms. The van der Waals surface area contributed by atoms with Gasteiger partial charge in [-0.25, -0.2) is 0 Å². The van der Waals surface area contributed by atoms with Crippen LogP contribution in [-0.2, 0) is 4.74 Å². The van der Waals surface area contributed by atoms with Gasteiger partial charge < -0.3 is 14.7 Å². The summed E-state index contributed by atoms with van der Waals surface area (Å²) >= 11 is 0. The normalized spacial score (nSPS) is 19.3. The summed E-state index contributed by atoms with van der Waals surface area (Å²) in [5.74, 6) is 0. The second kappa shape index (κ2) is 7.60. The van der Waals surface area contributed by atoms with E-state index in [9.17, 15) is 5.11 Å². The van der Waals surface area contributed by atoms with Gasteiger partial charge >= 0.3 is 0 Å². The molecule has 0 radical (unpaired) electrons. The number of quaternary nitrogens is 1. The third kappa shape index (κ3) is 5.45. The number of hydrogen-bond donors (Lipinski definition) is 2. The maximum absolute atomic E-state index is 9.41. The molecule has 0 bridgehead atoms. The lowest BCUT2D eigenvalue weighted by Crippen LogP contribution is -3.07. The van der Waals surface area contributed by atoms with Crippen LogP contribution in [0.3, 0.4) is 0 Å². The zero-order valence-corrected chi connectivity index (χ0v) is 10.1. The van der Waals surface area contributed by atoms with E-state index in [0.717, 1.165) is 30.8 Å². The molecule has 1 aliphatic carbocycles. The monoisotopic (exact) mass is 225 g/mol. The van der Waals surface area contributed by atoms with Gasteiger partial charge in [0.15, 0.2) is 6.29 Å². The Morgan fingerprint density at radius 2 is 2.38 bits per heavy atom. The Morgan fingerprint density at radius 3 is 3.00 bits per heavy atom. The van der Waals surface area contributed by atoms with E-state index in [1.165, 1.54) is 5.57 Å². The van der Waals surface area contributed by atoms with Crippen LogP contribution in [0.5, 0.6) is 0 Å². The van der Waals surface area contributed by atoms with Crippen molar-refractivity contribution in [3.63, 3.8) is 0 Å². The summed E-state index contributed by atoms with van der Waals surface area (Å²) in [7, 11) is 4.04. The second-order valence-corrected chi connectivity index (χ2v) is 4.13. The summed E-state index contributed by atoms with van der Waals surface area (Å²) in [6.45, 7) is 4.19. The third-order valence-electron chi connectivity index (χ3n) is 2.63. The summed E-state index contributed by atoms with van der Waals surface area (Å²) in [4.78, 5) is 1.16. The molecular weight excluding hydrogens is 202 g/mol. The van der Waals surface area contributed by atoms with Gasteiger partial charge in [0.1, 0.15) is 0 Å². The first-order valence-corrected chi connectivity index (χ1v) is 6.04. The van der Waals surface area contributed by atoms with Crippen molar-refractivity contribution in [3.8, 4) is 0 Å². The molecule has 0 amide bonds. The number of allylic oxidation sites excluding steroid dienone is 2. The van der Waals surface area contributed by atoms with Crippen molar-refractivity contribution in [2.45, 2.75) is 32.5 Å². The van der Waals surface area contributed by atoms with Crippen LogP contribution in [-0.4, -0.2) is 31.1 Å². The van der Waals surface area contributed by atoms with Crippen LogP contribution in [0, 0.1) is 7.05 Å². The highest BCUT2D eigenvalue weighted by Crippen LogP contribution is 2.07. The van der Waals surface area contributed by atoms with Crippen LogP contribution in [0.15, 0.2) is 23.8 Å². The molecule has 2 N–H and O–H groups in total. The maximum Gasteiger partial charge on any atom is 0.159 e. The zero-order valence-electron chi connectivity index (χ0n) is 10.1. The lowest BCUT2D eigenvalue weighted by Gasteiger charge is -2.23. The van der Waals surface area contributed by atoms with Crippen LogP contribution in [0.4, 0.5) is 0 Å². The molecule has 0 aromatic carbocycles. The number of hydrogen-bond acceptors (Lipinski definition) is 2. The van der Waals surface area contributed by atoms with Crippen LogP contribution in [0.1, 0.15) is 26.2 Å². The lowest BCUT2D eigenvalue weighted by molar-refractivity contribution is -0.849. The fourth-order valence-corrected chi connectivity index (χ4v) is 1.78. The Morgan fingerprint density at radius 1 is 1.56 bits per heavy atom. The lowest BCUT2D eigenvalue weighted by atomic mass is 10.1. The van der Waals surface area contributed by atoms with E-state index in [-0.39, 0.29) is 0 Å². The zero-order chi connectivity index (χ0) is 11.8. The standard InChI is InChI=1S/C13H23NO2/c1-3-16-13(15)9-10-14(2)11-12-7-5-4-6-8-12/h5,7-8,13-15H,2-4,6,9-11H2,1H3. The highest BCUT2D eigenvalue weighted by molar-refractivity contribution is 5.22. The van der Waals surface area contributed by atoms with Gasteiger partial charge in [0.05, 0.1) is 13.1 Å². The molecule has 2 atom stereocenters. The predicted octanol–water partition coefficient (Wildman–Crippen LogP) is 0.684. The van der Waals surface area contributed by atoms with Gasteiger partial charge in [-0.15, -0.1) is 0 Å². The van der Waals surface area contributed by atoms with Crippen molar-refractivity contribution in [2.24, 2.45) is 0 Å². The first kappa shape index (κ1) is 13.4. The molecule has 0 aromatic rings. The molecule has 0 heterocycles. The molecular formula is C13H23NO2. The quantitative estimate of drug-likeness (QED) is 0.493. The summed E-state index contributed by atoms with van der Waals surface area (Å²) in [6, 6.07) is 0. The summed E-state index contributed by atoms with van der Waals surface area (Å²) in [5.41, 5.74) is 1.35. The Kier molecular flexibility index (Phi) is 6.38. The molecule has 1 aliphatic rings. The van der Waals surface area contributed by atoms with Crippen molar-refractivity contribution in [3.05, 3.63) is 30.8 Å². The third-order valence-corrected chi connectivity index (χ3v) is 2.63. The molecule has 2 unspecified atom stereocenters. The van der Waals surface area contributed by atoms with Crippen molar-refractivity contribution < 1.29 is 14.7 Å². The van der Waals surface area contributed by atoms with E-state index in [1.54, 1.807) is 0 Å². The summed E-state index contributed by atoms with van der Waals surface area (Å²) < 4.78 is 5.07. The summed E-state index contributed by atoms with van der Waals surface area (Å²) in [6.07, 6.45) is 8.94. The van der Waals surface area contributed by atoms with Crippen LogP contribution in [0.2, 0.25) is 0 Å². The van der Waals surface area contributed by atoms with E-state index in [4.69, 9.17) is 4.74 Å². The van der Waals surface area contributed by atoms with Gasteiger partial charge in [-0.2, -0.15) is 7.05 Å². The maximum atomic E-state index is 9.41. The van der Waals surface area contributed by atoms with Crippen molar-refractivity contribution in [1.82, 2.24) is 0 Å². The van der Waals surface area contributed by atoms with Crippen LogP contribution < -0.4 is 4.90 Å². The van der Waals surface area contributed by atoms with E-state index >= 15 is 0 Å². The van der Waals surface area contributed by atoms with Gasteiger partial charge in [-0.3, -0.25) is 0 Å². The first-order valence-electron chi connectivity index (χ1n) is 6.04. The van der Waals surface area contributed by atoms with Gasteiger partial charge in [-0.1, -0.05) is 18.2 Å². The van der Waals surface area contributed by atoms with Gasteiger partial charge in [0.25, 0.3) is 0 Å². The van der Waals surface area contributed by atoms with E-state index in [0.29, 0.717) is 13.0 Å². The molecule has 0 saturated heterocycles. The molecule has 0 spiro atoms. The largest absolute Gasteiger partial charge is 0.464 e. The average Bonchev–Trinajstić information content (AvgIpc) is 2.28. The minimum absolute atomic E-state index is 0.557. The summed E-state index contributed by atoms with van der Waals surface area (Å²) in [5, 5.41) is 9.41. The van der Waals surface area contributed by atoms with Gasteiger partial charge in [0, 0.05) is 13.0 Å². The number of ether oxygens (including phenoxy) is 1. The van der Waals surface area contributed by atoms with E-state index < -0.39 is 6.29 Å². The molecule has 1 rings (SSSR count). The van der Waals surface area contributed by atoms with Crippen LogP contribution >= 0.6 is 0 Å². The van der Waals surface area contributed by atoms with E-state index in [2.05, 4.69) is 25.3 Å². The Hall–Kier alpha value is -0.640. The Bertz CT molecular complexity index is 248. The van der Waals surface area contributed by atoms with Crippen molar-refractivity contribution in [1.29, 1.82) is 0 Å². The molecule has 0 fully saturated rings. The fourth-order valence-electron chi connectivity index (χ4n) is 1.78. The average molecular weight is 225 g/mol. The highest BCUT2D eigenvalue weighted by Gasteiger charge is 2.07. The topological polar surface area (TPSA) is 33.9 Å². The molecule has 92 valence electrons. The molecule has 0 aliphatic heterocycles. The molecule has 3 nitrogen and oxygen atoms in total. The minimum atomic E-state index is -0.641. The number of aliphatic hydroxyl groups excluding tert-OH is 1. The Balaban J connectivity index is 2.17. The first-order chi connectivity index (χ1) is 7.72. The predicted molar refractivity (Wildman–Crippen MR) is 64.8 cm³/mol. The van der Waals surface area contributed by atoms with Crippen LogP contribution in [0.25, 0.3) is 0 Å². The number of aliphatic hydroxyl groups is 1. The number of rotatable bonds is 7. The van der Waals surface area contributed by atoms with Crippen molar-refractivity contribution in [2.75, 3.05) is 19.7 Å². The molecule has 16 heavy (non-hydrogen) atoms. The minimum Gasteiger partial charge on any atom is -0.464 e. The second-order valence-electron chi connectivity index (χ2n) is 4.13.